The maximum Gasteiger partial charge on any atom is 0.161 e. The smallest absolute Gasteiger partial charge is 0.161 e. The van der Waals surface area contributed by atoms with Crippen LogP contribution in [0.1, 0.15) is 57.1 Å². The average Bonchev–Trinajstić information content (AvgIpc) is 2.39. The van der Waals surface area contributed by atoms with Crippen LogP contribution in [-0.2, 0) is 0 Å². The Balaban J connectivity index is 2.61. The van der Waals surface area contributed by atoms with Gasteiger partial charge in [-0.2, -0.15) is 0 Å². The van der Waals surface area contributed by atoms with Crippen molar-refractivity contribution in [1.29, 1.82) is 0 Å². The molecule has 0 spiro atoms. The number of rotatable bonds is 8. The summed E-state index contributed by atoms with van der Waals surface area (Å²) in [5.74, 6) is -2.83. The lowest BCUT2D eigenvalue weighted by Gasteiger charge is -2.17. The van der Waals surface area contributed by atoms with Gasteiger partial charge in [0.15, 0.2) is 11.6 Å². The molecular weight excluding hydrogens is 251 g/mol. The van der Waals surface area contributed by atoms with Gasteiger partial charge in [-0.05, 0) is 19.5 Å². The van der Waals surface area contributed by atoms with Gasteiger partial charge in [0.2, 0.25) is 0 Å². The first-order chi connectivity index (χ1) is 9.10. The first-order valence-corrected chi connectivity index (χ1v) is 6.91. The number of hydrogen-bond donors (Lipinski definition) is 1. The summed E-state index contributed by atoms with van der Waals surface area (Å²) < 4.78 is 39.7. The molecule has 0 amide bonds. The van der Waals surface area contributed by atoms with E-state index < -0.39 is 17.5 Å². The minimum atomic E-state index is -1.14. The largest absolute Gasteiger partial charge is 0.313 e. The molecule has 1 unspecified atom stereocenters. The van der Waals surface area contributed by atoms with Gasteiger partial charge in [0.25, 0.3) is 0 Å². The van der Waals surface area contributed by atoms with Crippen molar-refractivity contribution in [1.82, 2.24) is 5.32 Å². The zero-order valence-corrected chi connectivity index (χ0v) is 11.6. The molecule has 108 valence electrons. The Hall–Kier alpha value is -1.03. The molecule has 1 nitrogen and oxygen atoms in total. The lowest BCUT2D eigenvalue weighted by molar-refractivity contribution is 0.454. The average molecular weight is 273 g/mol. The van der Waals surface area contributed by atoms with Gasteiger partial charge < -0.3 is 5.32 Å². The second-order valence-electron chi connectivity index (χ2n) is 4.83. The SMILES string of the molecule is CCCCCCCC(NC)c1cc(F)c(F)cc1F. The van der Waals surface area contributed by atoms with Crippen LogP contribution in [0.3, 0.4) is 0 Å². The van der Waals surface area contributed by atoms with Crippen molar-refractivity contribution in [3.8, 4) is 0 Å². The third-order valence-corrected chi connectivity index (χ3v) is 3.36. The van der Waals surface area contributed by atoms with Gasteiger partial charge in [0.1, 0.15) is 5.82 Å². The van der Waals surface area contributed by atoms with Crippen LogP contribution in [0.2, 0.25) is 0 Å². The summed E-state index contributed by atoms with van der Waals surface area (Å²) in [7, 11) is 1.71. The summed E-state index contributed by atoms with van der Waals surface area (Å²) in [6, 6.07) is 1.31. The van der Waals surface area contributed by atoms with Gasteiger partial charge in [0.05, 0.1) is 0 Å². The summed E-state index contributed by atoms with van der Waals surface area (Å²) in [6.45, 7) is 2.15. The third-order valence-electron chi connectivity index (χ3n) is 3.36. The topological polar surface area (TPSA) is 12.0 Å². The van der Waals surface area contributed by atoms with Crippen molar-refractivity contribution in [3.63, 3.8) is 0 Å². The molecule has 4 heteroatoms. The zero-order chi connectivity index (χ0) is 14.3. The van der Waals surface area contributed by atoms with Crippen LogP contribution in [0.5, 0.6) is 0 Å². The number of halogens is 3. The quantitative estimate of drug-likeness (QED) is 0.533. The Morgan fingerprint density at radius 3 is 2.21 bits per heavy atom. The highest BCUT2D eigenvalue weighted by Gasteiger charge is 2.17. The van der Waals surface area contributed by atoms with Crippen LogP contribution >= 0.6 is 0 Å². The fraction of sp³-hybridized carbons (Fsp3) is 0.600. The first kappa shape index (κ1) is 16.0. The molecule has 0 saturated carbocycles. The van der Waals surface area contributed by atoms with Crippen LogP contribution < -0.4 is 5.32 Å². The van der Waals surface area contributed by atoms with E-state index in [0.29, 0.717) is 6.07 Å². The van der Waals surface area contributed by atoms with Gasteiger partial charge in [-0.25, -0.2) is 13.2 Å². The monoisotopic (exact) mass is 273 g/mol. The minimum Gasteiger partial charge on any atom is -0.313 e. The first-order valence-electron chi connectivity index (χ1n) is 6.91. The summed E-state index contributed by atoms with van der Waals surface area (Å²) in [4.78, 5) is 0. The molecule has 0 aliphatic rings. The summed E-state index contributed by atoms with van der Waals surface area (Å²) >= 11 is 0. The van der Waals surface area contributed by atoms with Gasteiger partial charge in [0, 0.05) is 17.7 Å². The number of unbranched alkanes of at least 4 members (excludes halogenated alkanes) is 4. The van der Waals surface area contributed by atoms with E-state index in [1.165, 1.54) is 12.8 Å². The molecule has 1 aromatic carbocycles. The molecule has 0 saturated heterocycles. The molecule has 1 rings (SSSR count). The minimum absolute atomic E-state index is 0.205. The second-order valence-corrected chi connectivity index (χ2v) is 4.83. The molecule has 0 bridgehead atoms. The highest BCUT2D eigenvalue weighted by Crippen LogP contribution is 2.24. The molecule has 0 fully saturated rings. The van der Waals surface area contributed by atoms with Crippen LogP contribution in [0.15, 0.2) is 12.1 Å². The molecule has 0 radical (unpaired) electrons. The van der Waals surface area contributed by atoms with Crippen LogP contribution in [0.25, 0.3) is 0 Å². The van der Waals surface area contributed by atoms with Crippen molar-refractivity contribution in [2.24, 2.45) is 0 Å². The molecule has 0 aromatic heterocycles. The van der Waals surface area contributed by atoms with Crippen LogP contribution in [0.4, 0.5) is 13.2 Å². The molecule has 0 aliphatic carbocycles. The maximum absolute atomic E-state index is 13.7. The standard InChI is InChI=1S/C15H22F3N/c1-3-4-5-6-7-8-15(19-2)11-9-13(17)14(18)10-12(11)16/h9-10,15,19H,3-8H2,1-2H3. The van der Waals surface area contributed by atoms with E-state index in [-0.39, 0.29) is 11.6 Å². The highest BCUT2D eigenvalue weighted by molar-refractivity contribution is 5.23. The maximum atomic E-state index is 13.7. The van der Waals surface area contributed by atoms with Crippen molar-refractivity contribution in [2.75, 3.05) is 7.05 Å². The highest BCUT2D eigenvalue weighted by atomic mass is 19.2. The van der Waals surface area contributed by atoms with Crippen molar-refractivity contribution >= 4 is 0 Å². The molecular formula is C15H22F3N. The van der Waals surface area contributed by atoms with E-state index in [9.17, 15) is 13.2 Å². The Labute approximate surface area is 113 Å². The molecule has 19 heavy (non-hydrogen) atoms. The third kappa shape index (κ3) is 4.86. The number of benzene rings is 1. The Morgan fingerprint density at radius 2 is 1.58 bits per heavy atom. The van der Waals surface area contributed by atoms with Crippen molar-refractivity contribution < 1.29 is 13.2 Å². The summed E-state index contributed by atoms with van der Waals surface area (Å²) in [5, 5.41) is 2.97. The Morgan fingerprint density at radius 1 is 0.947 bits per heavy atom. The van der Waals surface area contributed by atoms with Crippen molar-refractivity contribution in [2.45, 2.75) is 51.5 Å². The van der Waals surface area contributed by atoms with E-state index in [2.05, 4.69) is 12.2 Å². The normalized spacial score (nSPS) is 12.7. The molecule has 1 N–H and O–H groups in total. The van der Waals surface area contributed by atoms with E-state index in [4.69, 9.17) is 0 Å². The molecule has 1 atom stereocenters. The van der Waals surface area contributed by atoms with Gasteiger partial charge in [-0.1, -0.05) is 39.0 Å². The number of hydrogen-bond acceptors (Lipinski definition) is 1. The zero-order valence-electron chi connectivity index (χ0n) is 11.6. The number of nitrogens with one attached hydrogen (secondary N) is 1. The van der Waals surface area contributed by atoms with E-state index >= 15 is 0 Å². The van der Waals surface area contributed by atoms with Gasteiger partial charge in [-0.15, -0.1) is 0 Å². The van der Waals surface area contributed by atoms with E-state index in [1.54, 1.807) is 7.05 Å². The summed E-state index contributed by atoms with van der Waals surface area (Å²) in [6.07, 6.45) is 6.29. The predicted octanol–water partition coefficient (Wildman–Crippen LogP) is 4.72. The van der Waals surface area contributed by atoms with E-state index in [0.717, 1.165) is 31.7 Å². The Kier molecular flexibility index (Phi) is 6.92. The van der Waals surface area contributed by atoms with Crippen LogP contribution in [-0.4, -0.2) is 7.05 Å². The van der Waals surface area contributed by atoms with Gasteiger partial charge >= 0.3 is 0 Å². The Bertz CT molecular complexity index is 393. The second kappa shape index (κ2) is 8.20. The lowest BCUT2D eigenvalue weighted by atomic mass is 9.99. The predicted molar refractivity (Wildman–Crippen MR) is 71.5 cm³/mol. The molecule has 0 heterocycles. The van der Waals surface area contributed by atoms with Gasteiger partial charge in [-0.3, -0.25) is 0 Å². The summed E-state index contributed by atoms with van der Waals surface area (Å²) in [5.41, 5.74) is 0.205. The molecule has 0 aliphatic heterocycles. The van der Waals surface area contributed by atoms with E-state index in [1.807, 2.05) is 0 Å². The molecule has 1 aromatic rings. The fourth-order valence-corrected chi connectivity index (χ4v) is 2.21. The fourth-order valence-electron chi connectivity index (χ4n) is 2.21. The lowest BCUT2D eigenvalue weighted by Crippen LogP contribution is -2.18. The van der Waals surface area contributed by atoms with Crippen molar-refractivity contribution in [3.05, 3.63) is 35.1 Å². The van der Waals surface area contributed by atoms with Crippen LogP contribution in [0, 0.1) is 17.5 Å².